The summed E-state index contributed by atoms with van der Waals surface area (Å²) in [5.41, 5.74) is 0.590. The molecule has 32 heavy (non-hydrogen) atoms. The van der Waals surface area contributed by atoms with Gasteiger partial charge in [0.15, 0.2) is 0 Å². The molecule has 2 aromatic carbocycles. The molecule has 174 valence electrons. The summed E-state index contributed by atoms with van der Waals surface area (Å²) in [4.78, 5) is 25.8. The van der Waals surface area contributed by atoms with E-state index in [1.54, 1.807) is 64.1 Å². The Balaban J connectivity index is 2.44. The summed E-state index contributed by atoms with van der Waals surface area (Å²) in [7, 11) is -4.45. The van der Waals surface area contributed by atoms with Gasteiger partial charge in [0.2, 0.25) is 0 Å². The van der Waals surface area contributed by atoms with Crippen LogP contribution >= 0.6 is 0 Å². The van der Waals surface area contributed by atoms with E-state index < -0.39 is 27.8 Å². The van der Waals surface area contributed by atoms with Crippen molar-refractivity contribution in [1.29, 1.82) is 0 Å². The molecule has 0 aliphatic heterocycles. The topological polar surface area (TPSA) is 93.2 Å². The Kier molecular flexibility index (Phi) is 8.26. The van der Waals surface area contributed by atoms with Crippen LogP contribution in [0.15, 0.2) is 59.5 Å². The number of rotatable bonds is 6. The molecule has 0 aliphatic carbocycles. The molecule has 0 saturated carbocycles. The number of nitrogens with zero attached hydrogens (tertiary/aromatic N) is 2. The van der Waals surface area contributed by atoms with Crippen LogP contribution in [0.2, 0.25) is 0 Å². The maximum absolute atomic E-state index is 13.4. The molecular weight excluding hydrogens is 432 g/mol. The van der Waals surface area contributed by atoms with Crippen LogP contribution in [0.25, 0.3) is 0 Å². The minimum atomic E-state index is -4.45. The quantitative estimate of drug-likeness (QED) is 0.568. The van der Waals surface area contributed by atoms with Crippen molar-refractivity contribution >= 4 is 22.2 Å². The fraction of sp³-hybridized carbons (Fsp3) is 0.391. The van der Waals surface area contributed by atoms with E-state index in [4.69, 9.17) is 9.47 Å². The maximum atomic E-state index is 13.4. The summed E-state index contributed by atoms with van der Waals surface area (Å²) >= 11 is 0. The normalized spacial score (nSPS) is 11.5. The molecule has 8 nitrogen and oxygen atoms in total. The van der Waals surface area contributed by atoms with Crippen LogP contribution in [0.3, 0.4) is 0 Å². The lowest BCUT2D eigenvalue weighted by molar-refractivity contribution is -0.0117. The number of sulfonamides is 1. The molecule has 0 N–H and O–H groups in total. The number of benzene rings is 2. The standard InChI is InChI=1S/C23H30N2O6S/c1-6-16-24(21(26)30-17-19-10-8-7-9-11-19)25(22(27)31-23(3,4)5)32(28,29)20-14-12-18(2)13-15-20/h7-15H,6,16-17H2,1-5H3. The molecule has 9 heteroatoms. The summed E-state index contributed by atoms with van der Waals surface area (Å²) in [6, 6.07) is 14.9. The zero-order valence-electron chi connectivity index (χ0n) is 19.1. The van der Waals surface area contributed by atoms with Crippen molar-refractivity contribution in [3.63, 3.8) is 0 Å². The zero-order chi connectivity index (χ0) is 23.9. The van der Waals surface area contributed by atoms with E-state index in [0.29, 0.717) is 10.8 Å². The Morgan fingerprint density at radius 2 is 1.53 bits per heavy atom. The van der Waals surface area contributed by atoms with Gasteiger partial charge in [0.25, 0.3) is 10.0 Å². The third-order valence-corrected chi connectivity index (χ3v) is 5.84. The molecule has 0 heterocycles. The number of aryl methyl sites for hydroxylation is 1. The molecule has 0 unspecified atom stereocenters. The van der Waals surface area contributed by atoms with Crippen molar-refractivity contribution in [2.45, 2.75) is 58.1 Å². The predicted molar refractivity (Wildman–Crippen MR) is 120 cm³/mol. The minimum Gasteiger partial charge on any atom is -0.443 e. The monoisotopic (exact) mass is 462 g/mol. The van der Waals surface area contributed by atoms with Crippen LogP contribution < -0.4 is 0 Å². The number of ether oxygens (including phenoxy) is 2. The Labute approximate surface area is 189 Å². The van der Waals surface area contributed by atoms with Gasteiger partial charge in [-0.05, 0) is 51.8 Å². The van der Waals surface area contributed by atoms with Gasteiger partial charge >= 0.3 is 12.2 Å². The highest BCUT2D eigenvalue weighted by Gasteiger charge is 2.40. The lowest BCUT2D eigenvalue weighted by atomic mass is 10.2. The van der Waals surface area contributed by atoms with E-state index in [9.17, 15) is 18.0 Å². The number of hydrazine groups is 1. The average molecular weight is 463 g/mol. The van der Waals surface area contributed by atoms with Crippen LogP contribution in [-0.4, -0.2) is 42.2 Å². The van der Waals surface area contributed by atoms with Gasteiger partial charge in [-0.15, -0.1) is 0 Å². The fourth-order valence-corrected chi connectivity index (χ4v) is 4.02. The lowest BCUT2D eigenvalue weighted by Gasteiger charge is -2.34. The smallest absolute Gasteiger partial charge is 0.443 e. The van der Waals surface area contributed by atoms with E-state index in [2.05, 4.69) is 0 Å². The highest BCUT2D eigenvalue weighted by atomic mass is 32.2. The summed E-state index contributed by atoms with van der Waals surface area (Å²) in [5, 5.41) is 0.770. The van der Waals surface area contributed by atoms with Gasteiger partial charge in [-0.25, -0.2) is 9.59 Å². The molecule has 2 aromatic rings. The van der Waals surface area contributed by atoms with Crippen molar-refractivity contribution in [3.8, 4) is 0 Å². The van der Waals surface area contributed by atoms with Gasteiger partial charge in [0.05, 0.1) is 4.90 Å². The van der Waals surface area contributed by atoms with Crippen molar-refractivity contribution in [2.24, 2.45) is 0 Å². The second-order valence-corrected chi connectivity index (χ2v) is 9.97. The highest BCUT2D eigenvalue weighted by Crippen LogP contribution is 2.23. The third kappa shape index (κ3) is 6.71. The first-order valence-corrected chi connectivity index (χ1v) is 11.7. The number of carbonyl (C=O) groups excluding carboxylic acids is 2. The number of amides is 2. The molecule has 2 amide bonds. The summed E-state index contributed by atoms with van der Waals surface area (Å²) in [5.74, 6) is 0. The molecule has 0 aromatic heterocycles. The van der Waals surface area contributed by atoms with Crippen LogP contribution in [-0.2, 0) is 26.1 Å². The highest BCUT2D eigenvalue weighted by molar-refractivity contribution is 7.89. The van der Waals surface area contributed by atoms with Gasteiger partial charge in [-0.1, -0.05) is 59.4 Å². The first-order chi connectivity index (χ1) is 15.0. The molecule has 0 aliphatic rings. The van der Waals surface area contributed by atoms with Gasteiger partial charge in [0, 0.05) is 6.54 Å². The molecule has 0 radical (unpaired) electrons. The molecule has 2 rings (SSSR count). The van der Waals surface area contributed by atoms with E-state index in [0.717, 1.165) is 16.1 Å². The molecular formula is C23H30N2O6S. The number of carbonyl (C=O) groups is 2. The van der Waals surface area contributed by atoms with Crippen molar-refractivity contribution in [1.82, 2.24) is 9.42 Å². The Bertz CT molecular complexity index is 1010. The van der Waals surface area contributed by atoms with Crippen molar-refractivity contribution in [3.05, 3.63) is 65.7 Å². The second kappa shape index (κ2) is 10.5. The first-order valence-electron chi connectivity index (χ1n) is 10.3. The molecule has 0 bridgehead atoms. The average Bonchev–Trinajstić information content (AvgIpc) is 2.71. The van der Waals surface area contributed by atoms with Crippen LogP contribution in [0.1, 0.15) is 45.2 Å². The van der Waals surface area contributed by atoms with E-state index in [1.165, 1.54) is 12.1 Å². The molecule has 0 spiro atoms. The van der Waals surface area contributed by atoms with Gasteiger partial charge in [-0.2, -0.15) is 13.4 Å². The largest absolute Gasteiger partial charge is 0.444 e. The first kappa shape index (κ1) is 25.2. The lowest BCUT2D eigenvalue weighted by Crippen LogP contribution is -2.54. The van der Waals surface area contributed by atoms with E-state index in [-0.39, 0.29) is 18.0 Å². The predicted octanol–water partition coefficient (Wildman–Crippen LogP) is 4.88. The van der Waals surface area contributed by atoms with Gasteiger partial charge in [0.1, 0.15) is 12.2 Å². The maximum Gasteiger partial charge on any atom is 0.444 e. The Morgan fingerprint density at radius 3 is 2.06 bits per heavy atom. The van der Waals surface area contributed by atoms with Gasteiger partial charge in [-0.3, -0.25) is 0 Å². The SMILES string of the molecule is CCCN(C(=O)OCc1ccccc1)N(C(=O)OC(C)(C)C)S(=O)(=O)c1ccc(C)cc1. The Morgan fingerprint density at radius 1 is 0.938 bits per heavy atom. The summed E-state index contributed by atoms with van der Waals surface area (Å²) < 4.78 is 37.9. The minimum absolute atomic E-state index is 0.0715. The van der Waals surface area contributed by atoms with E-state index >= 15 is 0 Å². The van der Waals surface area contributed by atoms with Crippen molar-refractivity contribution in [2.75, 3.05) is 6.54 Å². The van der Waals surface area contributed by atoms with Crippen LogP contribution in [0.4, 0.5) is 9.59 Å². The molecule has 0 saturated heterocycles. The second-order valence-electron chi connectivity index (χ2n) is 8.20. The summed E-state index contributed by atoms with van der Waals surface area (Å²) in [6.45, 7) is 8.25. The van der Waals surface area contributed by atoms with Crippen molar-refractivity contribution < 1.29 is 27.5 Å². The number of hydrogen-bond acceptors (Lipinski definition) is 6. The van der Waals surface area contributed by atoms with Crippen LogP contribution in [0, 0.1) is 6.92 Å². The van der Waals surface area contributed by atoms with E-state index in [1.807, 2.05) is 13.0 Å². The third-order valence-electron chi connectivity index (χ3n) is 4.17. The summed E-state index contributed by atoms with van der Waals surface area (Å²) in [6.07, 6.45) is -1.79. The number of hydrogen-bond donors (Lipinski definition) is 0. The molecule has 0 fully saturated rings. The van der Waals surface area contributed by atoms with Crippen LogP contribution in [0.5, 0.6) is 0 Å². The zero-order valence-corrected chi connectivity index (χ0v) is 19.9. The fourth-order valence-electron chi connectivity index (χ4n) is 2.70. The molecule has 0 atom stereocenters. The van der Waals surface area contributed by atoms with Gasteiger partial charge < -0.3 is 9.47 Å². The Hall–Kier alpha value is -3.07.